The van der Waals surface area contributed by atoms with E-state index in [1.165, 1.54) is 12.0 Å². The molecule has 1 aromatic heterocycles. The number of rotatable bonds is 7. The number of quaternary nitrogens is 1. The number of aliphatic hydroxyl groups excluding tert-OH is 1. The second-order valence-electron chi connectivity index (χ2n) is 9.61. The number of methoxy groups -OCH3 is 2. The van der Waals surface area contributed by atoms with Gasteiger partial charge >= 0.3 is 0 Å². The van der Waals surface area contributed by atoms with Crippen LogP contribution in [0.25, 0.3) is 10.9 Å². The first kappa shape index (κ1) is 21.9. The summed E-state index contributed by atoms with van der Waals surface area (Å²) in [5, 5.41) is 12.9. The van der Waals surface area contributed by atoms with Crippen molar-refractivity contribution >= 4 is 10.9 Å². The van der Waals surface area contributed by atoms with Crippen LogP contribution in [0.1, 0.15) is 30.1 Å². The number of nitrogens with zero attached hydrogens (tertiary/aromatic N) is 2. The van der Waals surface area contributed by atoms with E-state index in [9.17, 15) is 5.11 Å². The first-order valence-corrected chi connectivity index (χ1v) is 11.8. The van der Waals surface area contributed by atoms with Crippen LogP contribution >= 0.6 is 0 Å². The second-order valence-corrected chi connectivity index (χ2v) is 9.61. The Bertz CT molecular complexity index is 1160. The third-order valence-corrected chi connectivity index (χ3v) is 7.97. The molecule has 2 bridgehead atoms. The molecule has 2 aromatic carbocycles. The van der Waals surface area contributed by atoms with Crippen LogP contribution in [0.5, 0.6) is 11.5 Å². The molecule has 3 aliphatic rings. The zero-order valence-corrected chi connectivity index (χ0v) is 19.5. The van der Waals surface area contributed by atoms with Crippen LogP contribution in [-0.2, 0) is 6.54 Å². The Balaban J connectivity index is 1.56. The van der Waals surface area contributed by atoms with Crippen molar-refractivity contribution in [2.24, 2.45) is 11.8 Å². The van der Waals surface area contributed by atoms with Gasteiger partial charge in [0.15, 0.2) is 0 Å². The molecule has 0 spiro atoms. The van der Waals surface area contributed by atoms with Crippen LogP contribution in [0.3, 0.4) is 0 Å². The number of fused-ring (bicyclic) bond motifs is 4. The van der Waals surface area contributed by atoms with Crippen LogP contribution in [0, 0.1) is 11.8 Å². The summed E-state index contributed by atoms with van der Waals surface area (Å²) in [6, 6.07) is 16.3. The molecule has 4 heterocycles. The van der Waals surface area contributed by atoms with Crippen LogP contribution in [-0.4, -0.2) is 47.9 Å². The minimum Gasteiger partial charge on any atom is -0.497 e. The molecule has 172 valence electrons. The normalized spacial score (nSPS) is 27.3. The van der Waals surface area contributed by atoms with Crippen LogP contribution in [0.15, 0.2) is 67.4 Å². The highest BCUT2D eigenvalue weighted by molar-refractivity contribution is 5.83. The molecular formula is C28H33N2O3+. The Hall–Kier alpha value is -2.89. The summed E-state index contributed by atoms with van der Waals surface area (Å²) in [6.07, 6.45) is 5.53. The zero-order chi connectivity index (χ0) is 23.0. The SMILES string of the molecule is C=CC1C[N+]2(Cc3cccc(OC)c3)CCC1CC2C(O)c1ccnc2ccc(OC)cc12. The van der Waals surface area contributed by atoms with Crippen molar-refractivity contribution in [3.05, 3.63) is 78.5 Å². The van der Waals surface area contributed by atoms with Gasteiger partial charge in [-0.2, -0.15) is 0 Å². The highest BCUT2D eigenvalue weighted by atomic mass is 16.5. The van der Waals surface area contributed by atoms with Crippen LogP contribution in [0.2, 0.25) is 0 Å². The van der Waals surface area contributed by atoms with Crippen molar-refractivity contribution in [3.8, 4) is 11.5 Å². The van der Waals surface area contributed by atoms with Gasteiger partial charge in [0.1, 0.15) is 30.2 Å². The Morgan fingerprint density at radius 2 is 1.97 bits per heavy atom. The molecule has 3 saturated heterocycles. The standard InChI is InChI=1S/C28H33N2O3/c1-4-20-18-30(17-19-6-5-7-22(14-19)32-2)13-11-21(20)15-27(30)28(31)24-10-12-29-26-9-8-23(33-3)16-25(24)26/h4-10,12,14,16,20-21,27-28,31H,1,11,13,15,17-18H2,2-3H3/q+1. The summed E-state index contributed by atoms with van der Waals surface area (Å²) < 4.78 is 11.8. The van der Waals surface area contributed by atoms with Gasteiger partial charge in [0, 0.05) is 35.9 Å². The molecule has 3 aliphatic heterocycles. The van der Waals surface area contributed by atoms with Crippen molar-refractivity contribution in [3.63, 3.8) is 0 Å². The summed E-state index contributed by atoms with van der Waals surface area (Å²) in [6.45, 7) is 7.10. The van der Waals surface area contributed by atoms with Gasteiger partial charge in [0.05, 0.1) is 32.8 Å². The van der Waals surface area contributed by atoms with Gasteiger partial charge in [-0.15, -0.1) is 6.58 Å². The summed E-state index contributed by atoms with van der Waals surface area (Å²) >= 11 is 0. The molecule has 33 heavy (non-hydrogen) atoms. The van der Waals surface area contributed by atoms with Gasteiger partial charge in [0.2, 0.25) is 0 Å². The number of ether oxygens (including phenoxy) is 2. The quantitative estimate of drug-likeness (QED) is 0.415. The van der Waals surface area contributed by atoms with Crippen LogP contribution in [0.4, 0.5) is 0 Å². The van der Waals surface area contributed by atoms with E-state index in [0.29, 0.717) is 11.8 Å². The summed E-state index contributed by atoms with van der Waals surface area (Å²) in [4.78, 5) is 4.52. The average molecular weight is 446 g/mol. The van der Waals surface area contributed by atoms with E-state index in [0.717, 1.165) is 58.5 Å². The monoisotopic (exact) mass is 445 g/mol. The summed E-state index contributed by atoms with van der Waals surface area (Å²) in [7, 11) is 3.38. The molecule has 0 radical (unpaired) electrons. The smallest absolute Gasteiger partial charge is 0.131 e. The molecule has 5 atom stereocenters. The van der Waals surface area contributed by atoms with E-state index in [2.05, 4.69) is 35.8 Å². The lowest BCUT2D eigenvalue weighted by atomic mass is 9.71. The number of pyridine rings is 1. The Morgan fingerprint density at radius 1 is 1.15 bits per heavy atom. The molecule has 0 aliphatic carbocycles. The molecule has 0 saturated carbocycles. The van der Waals surface area contributed by atoms with Crippen molar-refractivity contribution in [1.82, 2.24) is 4.98 Å². The molecule has 1 N–H and O–H groups in total. The highest BCUT2D eigenvalue weighted by Gasteiger charge is 2.54. The van der Waals surface area contributed by atoms with Gasteiger partial charge in [-0.1, -0.05) is 18.2 Å². The minimum absolute atomic E-state index is 0.114. The van der Waals surface area contributed by atoms with Crippen molar-refractivity contribution in [2.75, 3.05) is 27.3 Å². The fourth-order valence-electron chi connectivity index (χ4n) is 6.25. The van der Waals surface area contributed by atoms with Gasteiger partial charge in [0.25, 0.3) is 0 Å². The largest absolute Gasteiger partial charge is 0.497 e. The first-order valence-electron chi connectivity index (χ1n) is 11.8. The molecule has 3 fully saturated rings. The lowest BCUT2D eigenvalue weighted by molar-refractivity contribution is -0.984. The summed E-state index contributed by atoms with van der Waals surface area (Å²) in [5.41, 5.74) is 3.07. The lowest BCUT2D eigenvalue weighted by Crippen LogP contribution is -2.67. The molecule has 5 heteroatoms. The van der Waals surface area contributed by atoms with E-state index in [4.69, 9.17) is 9.47 Å². The van der Waals surface area contributed by atoms with E-state index < -0.39 is 6.10 Å². The Kier molecular flexibility index (Phi) is 5.85. The fourth-order valence-corrected chi connectivity index (χ4v) is 6.25. The van der Waals surface area contributed by atoms with Crippen molar-refractivity contribution < 1.29 is 19.1 Å². The van der Waals surface area contributed by atoms with E-state index in [-0.39, 0.29) is 6.04 Å². The van der Waals surface area contributed by atoms with Crippen molar-refractivity contribution in [2.45, 2.75) is 31.5 Å². The minimum atomic E-state index is -0.582. The van der Waals surface area contributed by atoms with E-state index in [1.54, 1.807) is 14.2 Å². The Labute approximate surface area is 195 Å². The van der Waals surface area contributed by atoms with E-state index in [1.807, 2.05) is 36.5 Å². The zero-order valence-electron chi connectivity index (χ0n) is 19.5. The highest BCUT2D eigenvalue weighted by Crippen LogP contribution is 2.48. The second kappa shape index (κ2) is 8.81. The number of aromatic nitrogens is 1. The predicted molar refractivity (Wildman–Crippen MR) is 130 cm³/mol. The van der Waals surface area contributed by atoms with Crippen LogP contribution < -0.4 is 9.47 Å². The van der Waals surface area contributed by atoms with E-state index >= 15 is 0 Å². The first-order chi connectivity index (χ1) is 16.1. The molecule has 5 nitrogen and oxygen atoms in total. The molecule has 0 amide bonds. The number of benzene rings is 2. The van der Waals surface area contributed by atoms with Gasteiger partial charge in [-0.05, 0) is 47.9 Å². The van der Waals surface area contributed by atoms with Crippen molar-refractivity contribution in [1.29, 1.82) is 0 Å². The van der Waals surface area contributed by atoms with Gasteiger partial charge < -0.3 is 19.1 Å². The summed E-state index contributed by atoms with van der Waals surface area (Å²) in [5.74, 6) is 2.72. The third kappa shape index (κ3) is 3.90. The Morgan fingerprint density at radius 3 is 2.76 bits per heavy atom. The number of aliphatic hydroxyl groups is 1. The fraction of sp³-hybridized carbons (Fsp3) is 0.393. The maximum Gasteiger partial charge on any atom is 0.131 e. The molecule has 3 aromatic rings. The van der Waals surface area contributed by atoms with Gasteiger partial charge in [-0.25, -0.2) is 0 Å². The number of hydrogen-bond donors (Lipinski definition) is 1. The predicted octanol–water partition coefficient (Wildman–Crippen LogP) is 4.90. The lowest BCUT2D eigenvalue weighted by Gasteiger charge is -2.58. The third-order valence-electron chi connectivity index (χ3n) is 7.97. The molecule has 5 unspecified atom stereocenters. The maximum absolute atomic E-state index is 11.9. The topological polar surface area (TPSA) is 51.6 Å². The van der Waals surface area contributed by atoms with Gasteiger partial charge in [-0.3, -0.25) is 4.98 Å². The molecule has 6 rings (SSSR count). The average Bonchev–Trinajstić information content (AvgIpc) is 2.87. The molecular weight excluding hydrogens is 412 g/mol. The maximum atomic E-state index is 11.9. The number of piperidine rings is 3. The number of hydrogen-bond acceptors (Lipinski definition) is 4.